The second-order valence-electron chi connectivity index (χ2n) is 6.24. The van der Waals surface area contributed by atoms with E-state index in [4.69, 9.17) is 5.73 Å². The molecular formula is C17H28BrN3. The molecular weight excluding hydrogens is 326 g/mol. The molecule has 3 atom stereocenters. The number of likely N-dealkylation sites (N-methyl/N-ethyl adjacent to an activating group) is 1. The van der Waals surface area contributed by atoms with Crippen molar-refractivity contribution in [2.24, 2.45) is 5.73 Å². The summed E-state index contributed by atoms with van der Waals surface area (Å²) >= 11 is 3.72. The van der Waals surface area contributed by atoms with Gasteiger partial charge >= 0.3 is 0 Å². The van der Waals surface area contributed by atoms with Gasteiger partial charge in [-0.3, -0.25) is 4.90 Å². The van der Waals surface area contributed by atoms with Crippen molar-refractivity contribution >= 4 is 15.9 Å². The number of rotatable bonds is 4. The average Bonchev–Trinajstić information content (AvgIpc) is 2.62. The summed E-state index contributed by atoms with van der Waals surface area (Å²) in [6.07, 6.45) is 2.20. The first-order valence-electron chi connectivity index (χ1n) is 7.98. The molecule has 1 aromatic carbocycles. The summed E-state index contributed by atoms with van der Waals surface area (Å²) in [6.45, 7) is 7.91. The zero-order chi connectivity index (χ0) is 15.4. The summed E-state index contributed by atoms with van der Waals surface area (Å²) in [6, 6.07) is 9.49. The van der Waals surface area contributed by atoms with Gasteiger partial charge in [0, 0.05) is 29.6 Å². The van der Waals surface area contributed by atoms with Crippen molar-refractivity contribution in [2.75, 3.05) is 26.7 Å². The highest BCUT2D eigenvalue weighted by Gasteiger charge is 2.31. The van der Waals surface area contributed by atoms with Crippen LogP contribution in [0.4, 0.5) is 0 Å². The van der Waals surface area contributed by atoms with Crippen LogP contribution in [0.25, 0.3) is 0 Å². The fraction of sp³-hybridized carbons (Fsp3) is 0.647. The summed E-state index contributed by atoms with van der Waals surface area (Å²) in [7, 11) is 2.22. The van der Waals surface area contributed by atoms with Gasteiger partial charge in [-0.1, -0.05) is 41.1 Å². The molecule has 0 radical (unpaired) electrons. The maximum absolute atomic E-state index is 6.52. The molecule has 4 heteroatoms. The van der Waals surface area contributed by atoms with Gasteiger partial charge in [0.25, 0.3) is 0 Å². The van der Waals surface area contributed by atoms with Gasteiger partial charge in [0.05, 0.1) is 6.04 Å². The van der Waals surface area contributed by atoms with Crippen LogP contribution < -0.4 is 5.73 Å². The fourth-order valence-electron chi connectivity index (χ4n) is 3.40. The van der Waals surface area contributed by atoms with E-state index in [9.17, 15) is 0 Å². The van der Waals surface area contributed by atoms with Crippen molar-refractivity contribution < 1.29 is 0 Å². The number of nitrogens with two attached hydrogens (primary N) is 1. The van der Waals surface area contributed by atoms with Gasteiger partial charge in [-0.05, 0) is 45.0 Å². The highest BCUT2D eigenvalue weighted by Crippen LogP contribution is 2.33. The number of nitrogens with zero attached hydrogens (tertiary/aromatic N) is 2. The van der Waals surface area contributed by atoms with Crippen LogP contribution in [0.3, 0.4) is 0 Å². The Morgan fingerprint density at radius 2 is 2.05 bits per heavy atom. The third-order valence-corrected chi connectivity index (χ3v) is 5.28. The topological polar surface area (TPSA) is 32.5 Å². The molecule has 21 heavy (non-hydrogen) atoms. The van der Waals surface area contributed by atoms with Crippen LogP contribution in [-0.4, -0.2) is 48.6 Å². The molecule has 1 fully saturated rings. The largest absolute Gasteiger partial charge is 0.326 e. The fourth-order valence-corrected chi connectivity index (χ4v) is 3.92. The van der Waals surface area contributed by atoms with Crippen molar-refractivity contribution in [3.63, 3.8) is 0 Å². The number of benzene rings is 1. The first-order valence-corrected chi connectivity index (χ1v) is 8.78. The van der Waals surface area contributed by atoms with Crippen LogP contribution in [-0.2, 0) is 0 Å². The average molecular weight is 354 g/mol. The molecule has 1 aromatic rings. The number of hydrogen-bond acceptors (Lipinski definition) is 3. The van der Waals surface area contributed by atoms with E-state index in [1.165, 1.54) is 23.0 Å². The zero-order valence-electron chi connectivity index (χ0n) is 13.4. The summed E-state index contributed by atoms with van der Waals surface area (Å²) in [4.78, 5) is 5.04. The SMILES string of the molecule is CCC(N)C(c1ccccc1Br)N1CCCN(C)CC1C. The standard InChI is InChI=1S/C17H28BrN3/c1-4-16(19)17(14-8-5-6-9-15(14)18)21-11-7-10-20(3)12-13(21)2/h5-6,8-9,13,16-17H,4,7,10-12,19H2,1-3H3. The van der Waals surface area contributed by atoms with Crippen LogP contribution in [0, 0.1) is 0 Å². The van der Waals surface area contributed by atoms with E-state index in [2.05, 4.69) is 70.9 Å². The summed E-state index contributed by atoms with van der Waals surface area (Å²) < 4.78 is 1.17. The molecule has 118 valence electrons. The first kappa shape index (κ1) is 16.9. The Labute approximate surface area is 137 Å². The Morgan fingerprint density at radius 3 is 2.71 bits per heavy atom. The van der Waals surface area contributed by atoms with Crippen molar-refractivity contribution in [3.05, 3.63) is 34.3 Å². The van der Waals surface area contributed by atoms with Crippen LogP contribution in [0.5, 0.6) is 0 Å². The van der Waals surface area contributed by atoms with E-state index in [-0.39, 0.29) is 12.1 Å². The minimum atomic E-state index is 0.162. The molecule has 0 bridgehead atoms. The lowest BCUT2D eigenvalue weighted by atomic mass is 9.95. The Balaban J connectivity index is 2.33. The highest BCUT2D eigenvalue weighted by atomic mass is 79.9. The molecule has 1 aliphatic heterocycles. The molecule has 0 amide bonds. The summed E-state index contributed by atoms with van der Waals surface area (Å²) in [5.41, 5.74) is 7.84. The predicted octanol–water partition coefficient (Wildman–Crippen LogP) is 3.25. The highest BCUT2D eigenvalue weighted by molar-refractivity contribution is 9.10. The van der Waals surface area contributed by atoms with Gasteiger partial charge in [-0.25, -0.2) is 0 Å². The lowest BCUT2D eigenvalue weighted by Gasteiger charge is -2.39. The lowest BCUT2D eigenvalue weighted by Crippen LogP contribution is -2.47. The zero-order valence-corrected chi connectivity index (χ0v) is 15.0. The van der Waals surface area contributed by atoms with Gasteiger partial charge in [-0.15, -0.1) is 0 Å². The molecule has 1 aliphatic rings. The molecule has 3 nitrogen and oxygen atoms in total. The lowest BCUT2D eigenvalue weighted by molar-refractivity contribution is 0.121. The molecule has 0 spiro atoms. The Kier molecular flexibility index (Phi) is 6.23. The maximum Gasteiger partial charge on any atom is 0.0513 e. The minimum Gasteiger partial charge on any atom is -0.326 e. The third kappa shape index (κ3) is 4.07. The molecule has 2 N–H and O–H groups in total. The monoisotopic (exact) mass is 353 g/mol. The van der Waals surface area contributed by atoms with Crippen molar-refractivity contribution in [1.82, 2.24) is 9.80 Å². The van der Waals surface area contributed by atoms with E-state index in [1.807, 2.05) is 0 Å². The van der Waals surface area contributed by atoms with E-state index in [0.29, 0.717) is 6.04 Å². The van der Waals surface area contributed by atoms with Crippen molar-refractivity contribution in [2.45, 2.75) is 44.8 Å². The van der Waals surface area contributed by atoms with Gasteiger partial charge in [-0.2, -0.15) is 0 Å². The van der Waals surface area contributed by atoms with E-state index in [1.54, 1.807) is 0 Å². The second-order valence-corrected chi connectivity index (χ2v) is 7.10. The molecule has 0 saturated carbocycles. The first-order chi connectivity index (χ1) is 10.0. The summed E-state index contributed by atoms with van der Waals surface area (Å²) in [5.74, 6) is 0. The second kappa shape index (κ2) is 7.73. The van der Waals surface area contributed by atoms with Crippen LogP contribution in [0.2, 0.25) is 0 Å². The predicted molar refractivity (Wildman–Crippen MR) is 93.4 cm³/mol. The smallest absolute Gasteiger partial charge is 0.0513 e. The summed E-state index contributed by atoms with van der Waals surface area (Å²) in [5, 5.41) is 0. The van der Waals surface area contributed by atoms with Crippen molar-refractivity contribution in [3.8, 4) is 0 Å². The molecule has 2 rings (SSSR count). The number of halogens is 1. The number of hydrogen-bond donors (Lipinski definition) is 1. The molecule has 1 heterocycles. The Morgan fingerprint density at radius 1 is 1.33 bits per heavy atom. The normalized spacial score (nSPS) is 24.5. The third-order valence-electron chi connectivity index (χ3n) is 4.56. The molecule has 0 aliphatic carbocycles. The van der Waals surface area contributed by atoms with Crippen LogP contribution in [0.15, 0.2) is 28.7 Å². The van der Waals surface area contributed by atoms with Gasteiger partial charge in [0.15, 0.2) is 0 Å². The molecule has 0 aromatic heterocycles. The molecule has 3 unspecified atom stereocenters. The maximum atomic E-state index is 6.52. The van der Waals surface area contributed by atoms with E-state index in [0.717, 1.165) is 19.5 Å². The quantitative estimate of drug-likeness (QED) is 0.901. The van der Waals surface area contributed by atoms with Crippen LogP contribution in [0.1, 0.15) is 38.3 Å². The van der Waals surface area contributed by atoms with Crippen LogP contribution >= 0.6 is 15.9 Å². The Bertz CT molecular complexity index is 451. The van der Waals surface area contributed by atoms with Crippen molar-refractivity contribution in [1.29, 1.82) is 0 Å². The Hall–Kier alpha value is -0.420. The van der Waals surface area contributed by atoms with E-state index >= 15 is 0 Å². The molecule has 1 saturated heterocycles. The van der Waals surface area contributed by atoms with Gasteiger partial charge < -0.3 is 10.6 Å². The van der Waals surface area contributed by atoms with E-state index < -0.39 is 0 Å². The van der Waals surface area contributed by atoms with Gasteiger partial charge in [0.2, 0.25) is 0 Å². The minimum absolute atomic E-state index is 0.162. The van der Waals surface area contributed by atoms with Gasteiger partial charge in [0.1, 0.15) is 0 Å².